The molecule has 1 atom stereocenters. The molecule has 1 unspecified atom stereocenters. The highest BCUT2D eigenvalue weighted by atomic mass is 79.9. The van der Waals surface area contributed by atoms with Crippen LogP contribution >= 0.6 is 50.2 Å². The number of halogens is 2. The van der Waals surface area contributed by atoms with Crippen LogP contribution in [0.15, 0.2) is 16.6 Å². The Balaban J connectivity index is 2.34. The van der Waals surface area contributed by atoms with Crippen LogP contribution in [0.25, 0.3) is 0 Å². The van der Waals surface area contributed by atoms with E-state index in [4.69, 9.17) is 11.6 Å². The van der Waals surface area contributed by atoms with E-state index in [1.807, 2.05) is 12.1 Å². The van der Waals surface area contributed by atoms with E-state index in [2.05, 4.69) is 29.8 Å². The van der Waals surface area contributed by atoms with Crippen LogP contribution in [0.1, 0.15) is 26.3 Å². The van der Waals surface area contributed by atoms with Crippen LogP contribution < -0.4 is 0 Å². The molecule has 0 aliphatic rings. The van der Waals surface area contributed by atoms with E-state index in [0.29, 0.717) is 4.34 Å². The summed E-state index contributed by atoms with van der Waals surface area (Å²) in [6.45, 7) is 4.12. The van der Waals surface area contributed by atoms with Gasteiger partial charge in [0.1, 0.15) is 10.4 Å². The fraction of sp³-hybridized carbons (Fsp3) is 0.273. The standard InChI is InChI=1S/C11H10BrClOS2/c1-5-3-8(15-6(5)2)10(14)9-4-7(12)11(13)16-9/h3-4,10,14H,1-2H3. The van der Waals surface area contributed by atoms with Crippen molar-refractivity contribution in [1.29, 1.82) is 0 Å². The molecule has 2 aromatic rings. The number of hydrogen-bond donors (Lipinski definition) is 1. The van der Waals surface area contributed by atoms with Crippen LogP contribution in [0.3, 0.4) is 0 Å². The summed E-state index contributed by atoms with van der Waals surface area (Å²) >= 11 is 12.3. The van der Waals surface area contributed by atoms with Crippen molar-refractivity contribution in [3.63, 3.8) is 0 Å². The molecule has 0 saturated heterocycles. The van der Waals surface area contributed by atoms with Gasteiger partial charge < -0.3 is 5.11 Å². The summed E-state index contributed by atoms with van der Waals surface area (Å²) in [5, 5.41) is 10.2. The summed E-state index contributed by atoms with van der Waals surface area (Å²) in [5.41, 5.74) is 1.22. The Morgan fingerprint density at radius 2 is 1.88 bits per heavy atom. The monoisotopic (exact) mass is 336 g/mol. The van der Waals surface area contributed by atoms with Crippen molar-refractivity contribution in [3.8, 4) is 0 Å². The van der Waals surface area contributed by atoms with Crippen molar-refractivity contribution in [2.24, 2.45) is 0 Å². The van der Waals surface area contributed by atoms with Gasteiger partial charge in [-0.2, -0.15) is 0 Å². The fourth-order valence-electron chi connectivity index (χ4n) is 1.37. The average molecular weight is 338 g/mol. The van der Waals surface area contributed by atoms with Gasteiger partial charge in [0.25, 0.3) is 0 Å². The van der Waals surface area contributed by atoms with Gasteiger partial charge in [-0.1, -0.05) is 11.6 Å². The third-order valence-corrected chi connectivity index (χ3v) is 6.12. The molecule has 16 heavy (non-hydrogen) atoms. The molecule has 2 heterocycles. The minimum absolute atomic E-state index is 0.564. The molecule has 1 N–H and O–H groups in total. The number of rotatable bonds is 2. The second kappa shape index (κ2) is 4.78. The maximum atomic E-state index is 10.2. The topological polar surface area (TPSA) is 20.2 Å². The van der Waals surface area contributed by atoms with Crippen LogP contribution in [0, 0.1) is 13.8 Å². The lowest BCUT2D eigenvalue weighted by molar-refractivity contribution is 0.228. The normalized spacial score (nSPS) is 13.1. The van der Waals surface area contributed by atoms with Crippen LogP contribution in [0.4, 0.5) is 0 Å². The van der Waals surface area contributed by atoms with Gasteiger partial charge in [0.15, 0.2) is 0 Å². The van der Waals surface area contributed by atoms with Crippen LogP contribution in [-0.2, 0) is 0 Å². The van der Waals surface area contributed by atoms with Crippen molar-refractivity contribution in [3.05, 3.63) is 41.1 Å². The Hall–Kier alpha value is 0.130. The Bertz CT molecular complexity index is 433. The van der Waals surface area contributed by atoms with Gasteiger partial charge in [-0.15, -0.1) is 22.7 Å². The smallest absolute Gasteiger partial charge is 0.122 e. The lowest BCUT2D eigenvalue weighted by Crippen LogP contribution is -1.92. The minimum Gasteiger partial charge on any atom is -0.382 e. The molecule has 0 aliphatic carbocycles. The Morgan fingerprint density at radius 3 is 2.31 bits per heavy atom. The third kappa shape index (κ3) is 2.36. The quantitative estimate of drug-likeness (QED) is 0.824. The predicted octanol–water partition coefficient (Wildman–Crippen LogP) is 4.92. The predicted molar refractivity (Wildman–Crippen MR) is 74.9 cm³/mol. The number of hydrogen-bond acceptors (Lipinski definition) is 3. The van der Waals surface area contributed by atoms with Gasteiger partial charge in [0.05, 0.1) is 0 Å². The molecule has 0 aliphatic heterocycles. The summed E-state index contributed by atoms with van der Waals surface area (Å²) in [4.78, 5) is 3.09. The summed E-state index contributed by atoms with van der Waals surface area (Å²) < 4.78 is 1.53. The third-order valence-electron chi connectivity index (χ3n) is 2.39. The molecule has 1 nitrogen and oxygen atoms in total. The van der Waals surface area contributed by atoms with E-state index in [1.165, 1.54) is 21.8 Å². The zero-order valence-corrected chi connectivity index (χ0v) is 12.7. The summed E-state index contributed by atoms with van der Waals surface area (Å²) in [6, 6.07) is 3.91. The van der Waals surface area contributed by atoms with Crippen LogP contribution in [0.2, 0.25) is 4.34 Å². The second-order valence-electron chi connectivity index (χ2n) is 3.56. The summed E-state index contributed by atoms with van der Waals surface area (Å²) in [7, 11) is 0. The minimum atomic E-state index is -0.564. The van der Waals surface area contributed by atoms with E-state index in [1.54, 1.807) is 11.3 Å². The Kier molecular flexibility index (Phi) is 3.76. The maximum Gasteiger partial charge on any atom is 0.122 e. The molecule has 0 fully saturated rings. The number of aliphatic hydroxyl groups excluding tert-OH is 1. The fourth-order valence-corrected chi connectivity index (χ4v) is 4.24. The lowest BCUT2D eigenvalue weighted by atomic mass is 10.2. The Labute approximate surface area is 116 Å². The van der Waals surface area contributed by atoms with Crippen LogP contribution in [0.5, 0.6) is 0 Å². The number of aryl methyl sites for hydroxylation is 2. The largest absolute Gasteiger partial charge is 0.382 e. The molecule has 5 heteroatoms. The second-order valence-corrected chi connectivity index (χ2v) is 7.39. The first-order chi connectivity index (χ1) is 7.49. The molecule has 0 spiro atoms. The van der Waals surface area contributed by atoms with Crippen molar-refractivity contribution >= 4 is 50.2 Å². The molecule has 2 rings (SSSR count). The summed E-state index contributed by atoms with van der Waals surface area (Å²) in [6.07, 6.45) is -0.564. The van der Waals surface area contributed by atoms with Gasteiger partial charge in [-0.3, -0.25) is 0 Å². The molecule has 0 saturated carbocycles. The first-order valence-corrected chi connectivity index (χ1v) is 7.49. The van der Waals surface area contributed by atoms with E-state index in [-0.39, 0.29) is 0 Å². The molecule has 86 valence electrons. The van der Waals surface area contributed by atoms with Crippen molar-refractivity contribution in [2.45, 2.75) is 20.0 Å². The van der Waals surface area contributed by atoms with E-state index >= 15 is 0 Å². The molecule has 0 aromatic carbocycles. The van der Waals surface area contributed by atoms with Crippen LogP contribution in [-0.4, -0.2) is 5.11 Å². The maximum absolute atomic E-state index is 10.2. The SMILES string of the molecule is Cc1cc(C(O)c2cc(Br)c(Cl)s2)sc1C. The molecule has 0 amide bonds. The average Bonchev–Trinajstić information content (AvgIpc) is 2.72. The van der Waals surface area contributed by atoms with Gasteiger partial charge in [0, 0.05) is 19.1 Å². The molecular formula is C11H10BrClOS2. The highest BCUT2D eigenvalue weighted by Crippen LogP contribution is 2.39. The van der Waals surface area contributed by atoms with Gasteiger partial charge >= 0.3 is 0 Å². The molecule has 0 radical (unpaired) electrons. The van der Waals surface area contributed by atoms with Crippen molar-refractivity contribution in [2.75, 3.05) is 0 Å². The van der Waals surface area contributed by atoms with E-state index < -0.39 is 6.10 Å². The van der Waals surface area contributed by atoms with Crippen molar-refractivity contribution < 1.29 is 5.11 Å². The van der Waals surface area contributed by atoms with Gasteiger partial charge in [-0.25, -0.2) is 0 Å². The molecule has 2 aromatic heterocycles. The molecule has 0 bridgehead atoms. The zero-order chi connectivity index (χ0) is 11.9. The van der Waals surface area contributed by atoms with E-state index in [9.17, 15) is 5.11 Å². The highest BCUT2D eigenvalue weighted by Gasteiger charge is 2.17. The van der Waals surface area contributed by atoms with Gasteiger partial charge in [0.2, 0.25) is 0 Å². The van der Waals surface area contributed by atoms with Gasteiger partial charge in [-0.05, 0) is 47.5 Å². The Morgan fingerprint density at radius 1 is 1.25 bits per heavy atom. The highest BCUT2D eigenvalue weighted by molar-refractivity contribution is 9.10. The first kappa shape index (κ1) is 12.6. The first-order valence-electron chi connectivity index (χ1n) is 4.68. The molecular weight excluding hydrogens is 328 g/mol. The number of aliphatic hydroxyl groups is 1. The van der Waals surface area contributed by atoms with Crippen molar-refractivity contribution in [1.82, 2.24) is 0 Å². The van der Waals surface area contributed by atoms with E-state index in [0.717, 1.165) is 14.2 Å². The summed E-state index contributed by atoms with van der Waals surface area (Å²) in [5.74, 6) is 0. The zero-order valence-electron chi connectivity index (χ0n) is 8.75. The number of thiophene rings is 2. The lowest BCUT2D eigenvalue weighted by Gasteiger charge is -2.04.